The lowest BCUT2D eigenvalue weighted by molar-refractivity contribution is 0.101. The van der Waals surface area contributed by atoms with Crippen molar-refractivity contribution in [3.8, 4) is 0 Å². The summed E-state index contributed by atoms with van der Waals surface area (Å²) in [5.74, 6) is 0. The van der Waals surface area contributed by atoms with Crippen LogP contribution in [-0.2, 0) is 0 Å². The van der Waals surface area contributed by atoms with E-state index in [0.29, 0.717) is 0 Å². The number of hydrogen-bond donors (Lipinski definition) is 1. The van der Waals surface area contributed by atoms with Gasteiger partial charge in [0.25, 0.3) is 0 Å². The quantitative estimate of drug-likeness (QED) is 0.887. The number of rotatable bonds is 3. The summed E-state index contributed by atoms with van der Waals surface area (Å²) in [7, 11) is 0. The van der Waals surface area contributed by atoms with Gasteiger partial charge in [0.1, 0.15) is 0 Å². The lowest BCUT2D eigenvalue weighted by atomic mass is 9.95. The second-order valence-corrected chi connectivity index (χ2v) is 5.69. The molecular weight excluding hydrogens is 222 g/mol. The third kappa shape index (κ3) is 3.12. The number of likely N-dealkylation sites (tertiary alicyclic amines) is 1. The Hall–Kier alpha value is -0.860. The van der Waals surface area contributed by atoms with Crippen LogP contribution in [-0.4, -0.2) is 29.6 Å². The van der Waals surface area contributed by atoms with Crippen LogP contribution in [0.3, 0.4) is 0 Å². The van der Waals surface area contributed by atoms with Crippen molar-refractivity contribution in [2.24, 2.45) is 0 Å². The zero-order valence-corrected chi connectivity index (χ0v) is 11.9. The second kappa shape index (κ2) is 5.85. The van der Waals surface area contributed by atoms with Gasteiger partial charge in [-0.3, -0.25) is 0 Å². The predicted octanol–water partition coefficient (Wildman–Crippen LogP) is 3.13. The van der Waals surface area contributed by atoms with Crippen LogP contribution in [0.25, 0.3) is 0 Å². The summed E-state index contributed by atoms with van der Waals surface area (Å²) in [6.45, 7) is 9.39. The molecule has 0 unspecified atom stereocenters. The lowest BCUT2D eigenvalue weighted by Gasteiger charge is -2.29. The molecule has 1 aromatic rings. The maximum Gasteiger partial charge on any atom is 0.0922 e. The molecule has 2 rings (SSSR count). The summed E-state index contributed by atoms with van der Waals surface area (Å²) in [5, 5.41) is 10.5. The van der Waals surface area contributed by atoms with Crippen molar-refractivity contribution in [3.63, 3.8) is 0 Å². The van der Waals surface area contributed by atoms with Gasteiger partial charge in [-0.2, -0.15) is 0 Å². The highest BCUT2D eigenvalue weighted by molar-refractivity contribution is 5.39. The Kier molecular flexibility index (Phi) is 4.41. The van der Waals surface area contributed by atoms with Gasteiger partial charge >= 0.3 is 0 Å². The lowest BCUT2D eigenvalue weighted by Crippen LogP contribution is -2.33. The average molecular weight is 247 g/mol. The second-order valence-electron chi connectivity index (χ2n) is 5.69. The van der Waals surface area contributed by atoms with Crippen molar-refractivity contribution in [1.29, 1.82) is 0 Å². The monoisotopic (exact) mass is 247 g/mol. The molecular formula is C16H25NO. The molecule has 0 saturated carbocycles. The van der Waals surface area contributed by atoms with Crippen molar-refractivity contribution in [2.75, 3.05) is 19.6 Å². The van der Waals surface area contributed by atoms with Gasteiger partial charge in [0.15, 0.2) is 0 Å². The molecule has 1 fully saturated rings. The molecule has 0 bridgehead atoms. The zero-order valence-electron chi connectivity index (χ0n) is 11.9. The van der Waals surface area contributed by atoms with Crippen LogP contribution in [0.4, 0.5) is 0 Å². The fraction of sp³-hybridized carbons (Fsp3) is 0.625. The third-order valence-electron chi connectivity index (χ3n) is 3.95. The van der Waals surface area contributed by atoms with Crippen molar-refractivity contribution >= 4 is 0 Å². The van der Waals surface area contributed by atoms with E-state index in [1.54, 1.807) is 0 Å². The highest BCUT2D eigenvalue weighted by Gasteiger charge is 2.18. The van der Waals surface area contributed by atoms with Gasteiger partial charge in [-0.1, -0.05) is 24.1 Å². The summed E-state index contributed by atoms with van der Waals surface area (Å²) in [6, 6.07) is 4.34. The first-order chi connectivity index (χ1) is 8.58. The summed E-state index contributed by atoms with van der Waals surface area (Å²) in [4.78, 5) is 2.40. The number of aliphatic hydroxyl groups is 1. The fourth-order valence-corrected chi connectivity index (χ4v) is 3.19. The van der Waals surface area contributed by atoms with Crippen molar-refractivity contribution < 1.29 is 5.11 Å². The predicted molar refractivity (Wildman–Crippen MR) is 75.9 cm³/mol. The SMILES string of the molecule is Cc1cc(C)c([C@@H](O)CN2CCCCC2)c(C)c1. The van der Waals surface area contributed by atoms with Crippen molar-refractivity contribution in [3.05, 3.63) is 34.4 Å². The highest BCUT2D eigenvalue weighted by atomic mass is 16.3. The third-order valence-corrected chi connectivity index (χ3v) is 3.95. The van der Waals surface area contributed by atoms with Gasteiger partial charge in [-0.25, -0.2) is 0 Å². The highest BCUT2D eigenvalue weighted by Crippen LogP contribution is 2.25. The minimum absolute atomic E-state index is 0.344. The van der Waals surface area contributed by atoms with E-state index < -0.39 is 0 Å². The van der Waals surface area contributed by atoms with Crippen LogP contribution in [0.2, 0.25) is 0 Å². The minimum Gasteiger partial charge on any atom is -0.387 e. The molecule has 100 valence electrons. The molecule has 1 saturated heterocycles. The van der Waals surface area contributed by atoms with Crippen LogP contribution in [0.1, 0.15) is 47.6 Å². The number of β-amino-alcohol motifs (C(OH)–C–C–N with tert-alkyl or cyclic N) is 1. The van der Waals surface area contributed by atoms with E-state index in [1.807, 2.05) is 0 Å². The van der Waals surface area contributed by atoms with E-state index in [4.69, 9.17) is 0 Å². The molecule has 1 N–H and O–H groups in total. The Balaban J connectivity index is 2.10. The molecule has 0 amide bonds. The Morgan fingerprint density at radius 1 is 1.06 bits per heavy atom. The van der Waals surface area contributed by atoms with Crippen molar-refractivity contribution in [2.45, 2.75) is 46.1 Å². The van der Waals surface area contributed by atoms with Gasteiger partial charge in [-0.05, 0) is 63.4 Å². The zero-order chi connectivity index (χ0) is 13.1. The summed E-state index contributed by atoms with van der Waals surface area (Å²) < 4.78 is 0. The van der Waals surface area contributed by atoms with Crippen LogP contribution in [0.5, 0.6) is 0 Å². The smallest absolute Gasteiger partial charge is 0.0922 e. The first-order valence-corrected chi connectivity index (χ1v) is 7.06. The molecule has 1 aromatic carbocycles. The number of aliphatic hydroxyl groups excluding tert-OH is 1. The van der Waals surface area contributed by atoms with Crippen molar-refractivity contribution in [1.82, 2.24) is 4.90 Å². The topological polar surface area (TPSA) is 23.5 Å². The molecule has 1 aliphatic heterocycles. The Morgan fingerprint density at radius 3 is 2.17 bits per heavy atom. The molecule has 1 heterocycles. The minimum atomic E-state index is -0.344. The molecule has 1 atom stereocenters. The largest absolute Gasteiger partial charge is 0.387 e. The van der Waals surface area contributed by atoms with E-state index >= 15 is 0 Å². The first-order valence-electron chi connectivity index (χ1n) is 7.06. The number of hydrogen-bond acceptors (Lipinski definition) is 2. The van der Waals surface area contributed by atoms with E-state index in [0.717, 1.165) is 25.2 Å². The van der Waals surface area contributed by atoms with E-state index in [1.165, 1.54) is 36.0 Å². The van der Waals surface area contributed by atoms with Crippen LogP contribution >= 0.6 is 0 Å². The Bertz CT molecular complexity index is 385. The fourth-order valence-electron chi connectivity index (χ4n) is 3.19. The maximum atomic E-state index is 10.5. The number of piperidine rings is 1. The summed E-state index contributed by atoms with van der Waals surface area (Å²) in [6.07, 6.45) is 3.55. The Labute approximate surface area is 111 Å². The molecule has 2 heteroatoms. The molecule has 18 heavy (non-hydrogen) atoms. The summed E-state index contributed by atoms with van der Waals surface area (Å²) >= 11 is 0. The summed E-state index contributed by atoms with van der Waals surface area (Å²) in [5.41, 5.74) is 4.85. The molecule has 0 aliphatic carbocycles. The number of aryl methyl sites for hydroxylation is 3. The van der Waals surface area contributed by atoms with E-state index in [2.05, 4.69) is 37.8 Å². The Morgan fingerprint density at radius 2 is 1.61 bits per heavy atom. The average Bonchev–Trinajstić information content (AvgIpc) is 2.28. The normalized spacial score (nSPS) is 18.9. The van der Waals surface area contributed by atoms with Crippen LogP contribution in [0.15, 0.2) is 12.1 Å². The standard InChI is InChI=1S/C16H25NO/c1-12-9-13(2)16(14(3)10-12)15(18)11-17-7-5-4-6-8-17/h9-10,15,18H,4-8,11H2,1-3H3/t15-/m0/s1. The molecule has 1 aliphatic rings. The maximum absolute atomic E-state index is 10.5. The van der Waals surface area contributed by atoms with Gasteiger partial charge in [0, 0.05) is 6.54 Å². The van der Waals surface area contributed by atoms with E-state index in [-0.39, 0.29) is 6.10 Å². The van der Waals surface area contributed by atoms with Gasteiger partial charge in [-0.15, -0.1) is 0 Å². The van der Waals surface area contributed by atoms with Gasteiger partial charge in [0.2, 0.25) is 0 Å². The molecule has 2 nitrogen and oxygen atoms in total. The number of nitrogens with zero attached hydrogens (tertiary/aromatic N) is 1. The molecule has 0 aromatic heterocycles. The molecule has 0 radical (unpaired) electrons. The number of benzene rings is 1. The van der Waals surface area contributed by atoms with Gasteiger partial charge < -0.3 is 10.0 Å². The first kappa shape index (κ1) is 13.6. The molecule has 0 spiro atoms. The van der Waals surface area contributed by atoms with Gasteiger partial charge in [0.05, 0.1) is 6.10 Å². The van der Waals surface area contributed by atoms with Crippen LogP contribution in [0, 0.1) is 20.8 Å². The van der Waals surface area contributed by atoms with Crippen LogP contribution < -0.4 is 0 Å². The van der Waals surface area contributed by atoms with E-state index in [9.17, 15) is 5.11 Å².